The number of benzene rings is 1. The first-order valence-electron chi connectivity index (χ1n) is 6.35. The third-order valence-electron chi connectivity index (χ3n) is 2.68. The van der Waals surface area contributed by atoms with Gasteiger partial charge in [-0.1, -0.05) is 43.2 Å². The topological polar surface area (TPSA) is 72.5 Å². The van der Waals surface area contributed by atoms with Crippen LogP contribution >= 0.6 is 0 Å². The van der Waals surface area contributed by atoms with E-state index in [1.165, 1.54) is 0 Å². The van der Waals surface area contributed by atoms with Crippen LogP contribution in [0.25, 0.3) is 0 Å². The molecule has 1 aromatic carbocycles. The average molecular weight is 251 g/mol. The van der Waals surface area contributed by atoms with Crippen LogP contribution in [-0.4, -0.2) is 24.2 Å². The molecule has 1 unspecified atom stereocenters. The molecule has 0 amide bonds. The second kappa shape index (κ2) is 8.66. The maximum absolute atomic E-state index is 11.5. The smallest absolute Gasteiger partial charge is 0.339 e. The molecule has 4 heteroatoms. The molecule has 0 aliphatic rings. The molecule has 100 valence electrons. The molecular formula is C14H21NO3. The van der Waals surface area contributed by atoms with E-state index in [1.54, 1.807) is 24.3 Å². The number of unbranched alkanes of at least 4 members (excludes halogenated alkanes) is 3. The molecule has 0 heterocycles. The van der Waals surface area contributed by atoms with Gasteiger partial charge in [-0.2, -0.15) is 0 Å². The fraction of sp³-hybridized carbons (Fsp3) is 0.500. The summed E-state index contributed by atoms with van der Waals surface area (Å²) in [5, 5.41) is 9.74. The molecule has 4 nitrogen and oxygen atoms in total. The molecule has 1 aromatic rings. The number of aliphatic hydroxyl groups excluding tert-OH is 1. The fourth-order valence-corrected chi connectivity index (χ4v) is 1.62. The minimum atomic E-state index is -1.18. The predicted octanol–water partition coefficient (Wildman–Crippen LogP) is 1.78. The van der Waals surface area contributed by atoms with E-state index in [0.717, 1.165) is 25.7 Å². The van der Waals surface area contributed by atoms with Crippen LogP contribution in [0, 0.1) is 0 Å². The van der Waals surface area contributed by atoms with E-state index in [9.17, 15) is 9.90 Å². The van der Waals surface area contributed by atoms with Gasteiger partial charge in [-0.15, -0.1) is 0 Å². The summed E-state index contributed by atoms with van der Waals surface area (Å²) < 4.78 is 5.02. The highest BCUT2D eigenvalue weighted by Crippen LogP contribution is 2.13. The van der Waals surface area contributed by atoms with Gasteiger partial charge in [-0.05, 0) is 24.9 Å². The highest BCUT2D eigenvalue weighted by Gasteiger charge is 2.17. The molecule has 0 aromatic heterocycles. The van der Waals surface area contributed by atoms with Crippen LogP contribution in [-0.2, 0) is 9.53 Å². The van der Waals surface area contributed by atoms with Crippen LogP contribution in [0.15, 0.2) is 30.3 Å². The first-order valence-corrected chi connectivity index (χ1v) is 6.35. The number of hydrogen-bond donors (Lipinski definition) is 2. The van der Waals surface area contributed by atoms with Gasteiger partial charge in [0.2, 0.25) is 0 Å². The van der Waals surface area contributed by atoms with Crippen LogP contribution in [0.3, 0.4) is 0 Å². The van der Waals surface area contributed by atoms with E-state index in [4.69, 9.17) is 10.5 Å². The van der Waals surface area contributed by atoms with E-state index in [2.05, 4.69) is 0 Å². The number of rotatable bonds is 8. The zero-order chi connectivity index (χ0) is 13.2. The lowest BCUT2D eigenvalue weighted by Crippen LogP contribution is -2.16. The van der Waals surface area contributed by atoms with Crippen molar-refractivity contribution in [3.8, 4) is 0 Å². The molecule has 0 aliphatic heterocycles. The maximum Gasteiger partial charge on any atom is 0.339 e. The Bertz CT molecular complexity index is 340. The summed E-state index contributed by atoms with van der Waals surface area (Å²) in [5.74, 6) is -0.583. The van der Waals surface area contributed by atoms with Gasteiger partial charge in [0.05, 0.1) is 6.61 Å². The van der Waals surface area contributed by atoms with Gasteiger partial charge in [0.15, 0.2) is 6.10 Å². The molecule has 0 aliphatic carbocycles. The van der Waals surface area contributed by atoms with Crippen LogP contribution in [0.4, 0.5) is 0 Å². The van der Waals surface area contributed by atoms with E-state index < -0.39 is 12.1 Å². The molecule has 0 fully saturated rings. The van der Waals surface area contributed by atoms with Crippen molar-refractivity contribution in [1.29, 1.82) is 0 Å². The SMILES string of the molecule is NCCCCCCOC(=O)C(O)c1ccccc1. The van der Waals surface area contributed by atoms with Gasteiger partial charge in [0.1, 0.15) is 0 Å². The monoisotopic (exact) mass is 251 g/mol. The van der Waals surface area contributed by atoms with Crippen LogP contribution < -0.4 is 5.73 Å². The molecule has 0 radical (unpaired) electrons. The lowest BCUT2D eigenvalue weighted by Gasteiger charge is -2.10. The molecule has 0 spiro atoms. The summed E-state index contributed by atoms with van der Waals surface area (Å²) in [5.41, 5.74) is 5.94. The first kappa shape index (κ1) is 14.7. The number of carbonyl (C=O) groups is 1. The van der Waals surface area contributed by atoms with Crippen molar-refractivity contribution in [3.63, 3.8) is 0 Å². The zero-order valence-corrected chi connectivity index (χ0v) is 10.5. The van der Waals surface area contributed by atoms with Crippen molar-refractivity contribution in [2.45, 2.75) is 31.8 Å². The number of ether oxygens (including phenoxy) is 1. The summed E-state index contributed by atoms with van der Waals surface area (Å²) >= 11 is 0. The number of aliphatic hydroxyl groups is 1. The molecule has 18 heavy (non-hydrogen) atoms. The molecule has 0 saturated heterocycles. The van der Waals surface area contributed by atoms with Crippen molar-refractivity contribution in [2.75, 3.05) is 13.2 Å². The lowest BCUT2D eigenvalue weighted by molar-refractivity contribution is -0.154. The quantitative estimate of drug-likeness (QED) is 0.545. The largest absolute Gasteiger partial charge is 0.464 e. The number of carbonyl (C=O) groups excluding carboxylic acids is 1. The van der Waals surface area contributed by atoms with Gasteiger partial charge < -0.3 is 15.6 Å². The molecule has 3 N–H and O–H groups in total. The maximum atomic E-state index is 11.5. The van der Waals surface area contributed by atoms with E-state index in [0.29, 0.717) is 18.7 Å². The van der Waals surface area contributed by atoms with Crippen molar-refractivity contribution in [2.24, 2.45) is 5.73 Å². The number of esters is 1. The van der Waals surface area contributed by atoms with Gasteiger partial charge >= 0.3 is 5.97 Å². The lowest BCUT2D eigenvalue weighted by atomic mass is 10.1. The van der Waals surface area contributed by atoms with Crippen molar-refractivity contribution in [1.82, 2.24) is 0 Å². The summed E-state index contributed by atoms with van der Waals surface area (Å²) in [4.78, 5) is 11.5. The predicted molar refractivity (Wildman–Crippen MR) is 69.9 cm³/mol. The average Bonchev–Trinajstić information content (AvgIpc) is 2.42. The van der Waals surface area contributed by atoms with Gasteiger partial charge in [0.25, 0.3) is 0 Å². The Labute approximate surface area is 108 Å². The van der Waals surface area contributed by atoms with Crippen molar-refractivity contribution < 1.29 is 14.6 Å². The Hall–Kier alpha value is -1.39. The Morgan fingerprint density at radius 1 is 1.17 bits per heavy atom. The summed E-state index contributed by atoms with van der Waals surface area (Å²) in [6.45, 7) is 1.06. The van der Waals surface area contributed by atoms with Crippen LogP contribution in [0.5, 0.6) is 0 Å². The standard InChI is InChI=1S/C14H21NO3/c15-10-6-1-2-7-11-18-14(17)13(16)12-8-4-3-5-9-12/h3-5,8-9,13,16H,1-2,6-7,10-11,15H2. The number of nitrogens with two attached hydrogens (primary N) is 1. The Balaban J connectivity index is 2.20. The fourth-order valence-electron chi connectivity index (χ4n) is 1.62. The van der Waals surface area contributed by atoms with Crippen LogP contribution in [0.1, 0.15) is 37.4 Å². The molecular weight excluding hydrogens is 230 g/mol. The molecule has 0 bridgehead atoms. The second-order valence-corrected chi connectivity index (χ2v) is 4.18. The van der Waals surface area contributed by atoms with Gasteiger partial charge in [0, 0.05) is 0 Å². The third kappa shape index (κ3) is 5.29. The highest BCUT2D eigenvalue weighted by molar-refractivity contribution is 5.76. The van der Waals surface area contributed by atoms with Gasteiger partial charge in [-0.3, -0.25) is 0 Å². The van der Waals surface area contributed by atoms with E-state index in [1.807, 2.05) is 6.07 Å². The molecule has 1 atom stereocenters. The Morgan fingerprint density at radius 3 is 2.50 bits per heavy atom. The Morgan fingerprint density at radius 2 is 1.83 bits per heavy atom. The highest BCUT2D eigenvalue weighted by atomic mass is 16.5. The number of hydrogen-bond acceptors (Lipinski definition) is 4. The van der Waals surface area contributed by atoms with Crippen molar-refractivity contribution in [3.05, 3.63) is 35.9 Å². The normalized spacial score (nSPS) is 12.1. The van der Waals surface area contributed by atoms with E-state index in [-0.39, 0.29) is 0 Å². The first-order chi connectivity index (χ1) is 8.75. The van der Waals surface area contributed by atoms with E-state index >= 15 is 0 Å². The zero-order valence-electron chi connectivity index (χ0n) is 10.5. The third-order valence-corrected chi connectivity index (χ3v) is 2.68. The Kier molecular flexibility index (Phi) is 7.06. The van der Waals surface area contributed by atoms with Gasteiger partial charge in [-0.25, -0.2) is 4.79 Å². The minimum Gasteiger partial charge on any atom is -0.464 e. The van der Waals surface area contributed by atoms with Crippen LogP contribution in [0.2, 0.25) is 0 Å². The summed E-state index contributed by atoms with van der Waals surface area (Å²) in [7, 11) is 0. The minimum absolute atomic E-state index is 0.354. The summed E-state index contributed by atoms with van der Waals surface area (Å²) in [6.07, 6.45) is 2.67. The second-order valence-electron chi connectivity index (χ2n) is 4.18. The molecule has 0 saturated carbocycles. The summed E-state index contributed by atoms with van der Waals surface area (Å²) in [6, 6.07) is 8.79. The molecule has 1 rings (SSSR count). The van der Waals surface area contributed by atoms with Crippen molar-refractivity contribution >= 4 is 5.97 Å².